The molecule has 0 nitrogen and oxygen atoms in total. The van der Waals surface area contributed by atoms with Crippen LogP contribution in [0.3, 0.4) is 0 Å². The Labute approximate surface area is 308 Å². The zero-order chi connectivity index (χ0) is 31.7. The second-order valence-electron chi connectivity index (χ2n) is 11.8. The van der Waals surface area contributed by atoms with Crippen molar-refractivity contribution in [3.8, 4) is 0 Å². The van der Waals surface area contributed by atoms with E-state index in [1.807, 2.05) is 36.4 Å². The van der Waals surface area contributed by atoms with E-state index in [4.69, 9.17) is 23.2 Å². The van der Waals surface area contributed by atoms with Crippen molar-refractivity contribution in [3.05, 3.63) is 160 Å². The van der Waals surface area contributed by atoms with Gasteiger partial charge in [-0.1, -0.05) is 88.6 Å². The van der Waals surface area contributed by atoms with Gasteiger partial charge >= 0.3 is 123 Å². The summed E-state index contributed by atoms with van der Waals surface area (Å²) < 4.78 is 4.66. The molecule has 0 fully saturated rings. The Morgan fingerprint density at radius 1 is 0.696 bits per heavy atom. The molecule has 0 spiro atoms. The Bertz CT molecular complexity index is 1760. The molecule has 0 radical (unpaired) electrons. The summed E-state index contributed by atoms with van der Waals surface area (Å²) >= 11 is 11.0. The molecule has 1 aliphatic rings. The molecule has 0 N–H and O–H groups in total. The second-order valence-corrected chi connectivity index (χ2v) is 14.9. The smallest absolute Gasteiger partial charge is 1.00 e. The summed E-state index contributed by atoms with van der Waals surface area (Å²) in [6.45, 7) is 16.5. The summed E-state index contributed by atoms with van der Waals surface area (Å²) in [6.07, 6.45) is 11.4. The van der Waals surface area contributed by atoms with Gasteiger partial charge in [0.1, 0.15) is 0 Å². The van der Waals surface area contributed by atoms with E-state index in [-0.39, 0.29) is 24.8 Å². The van der Waals surface area contributed by atoms with Crippen molar-refractivity contribution in [1.82, 2.24) is 0 Å². The molecule has 0 aliphatic heterocycles. The summed E-state index contributed by atoms with van der Waals surface area (Å²) in [5.41, 5.74) is 6.55. The number of benzene rings is 4. The monoisotopic (exact) mass is 760 g/mol. The van der Waals surface area contributed by atoms with E-state index in [9.17, 15) is 0 Å². The van der Waals surface area contributed by atoms with E-state index in [0.717, 1.165) is 21.2 Å². The summed E-state index contributed by atoms with van der Waals surface area (Å²) in [5, 5.41) is 6.73. The average Bonchev–Trinajstić information content (AvgIpc) is 3.62. The largest absolute Gasteiger partial charge is 1.00 e. The fourth-order valence-electron chi connectivity index (χ4n) is 4.69. The zero-order valence-corrected chi connectivity index (χ0v) is 32.1. The van der Waals surface area contributed by atoms with Gasteiger partial charge in [0.25, 0.3) is 0 Å². The average molecular weight is 764 g/mol. The van der Waals surface area contributed by atoms with Crippen LogP contribution in [0.4, 0.5) is 0 Å². The van der Waals surface area contributed by atoms with Crippen molar-refractivity contribution in [2.75, 3.05) is 0 Å². The topological polar surface area (TPSA) is 0 Å². The Morgan fingerprint density at radius 2 is 1.11 bits per heavy atom. The first-order valence-corrected chi connectivity index (χ1v) is 18.3. The molecule has 1 aliphatic carbocycles. The van der Waals surface area contributed by atoms with Gasteiger partial charge in [-0.3, -0.25) is 6.08 Å². The normalized spacial score (nSPS) is 13.0. The molecule has 0 aromatic heterocycles. The van der Waals surface area contributed by atoms with Crippen molar-refractivity contribution in [1.29, 1.82) is 0 Å². The van der Waals surface area contributed by atoms with Crippen LogP contribution in [0.25, 0.3) is 33.7 Å². The maximum Gasteiger partial charge on any atom is -1.00 e. The summed E-state index contributed by atoms with van der Waals surface area (Å²) in [5.74, 6) is 0.522. The van der Waals surface area contributed by atoms with Crippen molar-refractivity contribution < 1.29 is 47.1 Å². The SMILES string of the molecule is C=Cc1ccc2[cH-]c3ccc(C=C)cc3c2c1.CC1[C-]=CC(C(C)(C)C)=C1.Clc1ccc([CH]=[Zr]=[CH]c2ccc(Cl)cc2)cc1.[Cl-].[Cl-]. The van der Waals surface area contributed by atoms with Gasteiger partial charge < -0.3 is 24.8 Å². The predicted octanol–water partition coefficient (Wildman–Crippen LogP) is 6.05. The summed E-state index contributed by atoms with van der Waals surface area (Å²) in [4.78, 5) is 0. The predicted molar refractivity (Wildman–Crippen MR) is 195 cm³/mol. The molecule has 0 saturated carbocycles. The van der Waals surface area contributed by atoms with E-state index in [1.165, 1.54) is 38.2 Å². The van der Waals surface area contributed by atoms with E-state index in [2.05, 4.69) is 133 Å². The van der Waals surface area contributed by atoms with E-state index >= 15 is 0 Å². The van der Waals surface area contributed by atoms with Gasteiger partial charge in [0, 0.05) is 0 Å². The van der Waals surface area contributed by atoms with Crippen LogP contribution in [0, 0.1) is 17.4 Å². The van der Waals surface area contributed by atoms with E-state index in [1.54, 1.807) is 0 Å². The van der Waals surface area contributed by atoms with Crippen LogP contribution in [-0.4, -0.2) is 7.42 Å². The molecular weight excluding hydrogens is 725 g/mol. The first kappa shape index (κ1) is 39.7. The molecule has 6 rings (SSSR count). The minimum atomic E-state index is -0.623. The number of halogens is 4. The molecule has 46 heavy (non-hydrogen) atoms. The van der Waals surface area contributed by atoms with Gasteiger partial charge in [0.15, 0.2) is 0 Å². The molecule has 1 unspecified atom stereocenters. The van der Waals surface area contributed by atoms with Gasteiger partial charge in [-0.25, -0.2) is 6.08 Å². The van der Waals surface area contributed by atoms with Crippen LogP contribution in [0.5, 0.6) is 0 Å². The van der Waals surface area contributed by atoms with Crippen LogP contribution >= 0.6 is 23.2 Å². The van der Waals surface area contributed by atoms with Crippen LogP contribution in [0.15, 0.2) is 122 Å². The summed E-state index contributed by atoms with van der Waals surface area (Å²) in [6, 6.07) is 31.0. The number of rotatable bonds is 4. The van der Waals surface area contributed by atoms with Gasteiger partial charge in [0.05, 0.1) is 0 Å². The van der Waals surface area contributed by atoms with Crippen LogP contribution in [0.1, 0.15) is 49.9 Å². The summed E-state index contributed by atoms with van der Waals surface area (Å²) in [7, 11) is 0. The third kappa shape index (κ3) is 11.6. The molecule has 0 amide bonds. The quantitative estimate of drug-likeness (QED) is 0.196. The zero-order valence-electron chi connectivity index (χ0n) is 26.6. The first-order valence-electron chi connectivity index (χ1n) is 14.7. The van der Waals surface area contributed by atoms with Crippen LogP contribution < -0.4 is 24.8 Å². The van der Waals surface area contributed by atoms with Gasteiger partial charge in [-0.15, -0.1) is 39.7 Å². The van der Waals surface area contributed by atoms with Gasteiger partial charge in [0.2, 0.25) is 0 Å². The Balaban J connectivity index is 0.000000243. The minimum absolute atomic E-state index is 0. The fourth-order valence-corrected chi connectivity index (χ4v) is 7.04. The van der Waals surface area contributed by atoms with Crippen molar-refractivity contribution in [2.24, 2.45) is 11.3 Å². The molecule has 0 heterocycles. The minimum Gasteiger partial charge on any atom is -1.00 e. The molecule has 5 aromatic rings. The van der Waals surface area contributed by atoms with Crippen LogP contribution in [-0.2, 0) is 22.3 Å². The Kier molecular flexibility index (Phi) is 16.2. The maximum absolute atomic E-state index is 5.84. The number of fused-ring (bicyclic) bond motifs is 3. The van der Waals surface area contributed by atoms with Crippen LogP contribution in [0.2, 0.25) is 10.0 Å². The Hall–Kier alpha value is -2.51. The fraction of sp³-hybridized carbons (Fsp3) is 0.146. The molecule has 1 atom stereocenters. The number of hydrogen-bond acceptors (Lipinski definition) is 0. The molecular formula is C41H38Cl4Zr-4. The van der Waals surface area contributed by atoms with Gasteiger partial charge in [-0.05, 0) is 11.1 Å². The molecule has 5 aromatic carbocycles. The molecule has 0 bridgehead atoms. The van der Waals surface area contributed by atoms with Crippen molar-refractivity contribution in [2.45, 2.75) is 27.7 Å². The molecule has 238 valence electrons. The van der Waals surface area contributed by atoms with Crippen molar-refractivity contribution >= 4 is 64.3 Å². The third-order valence-corrected chi connectivity index (χ3v) is 10.2. The van der Waals surface area contributed by atoms with E-state index in [0.29, 0.717) is 11.3 Å². The third-order valence-electron chi connectivity index (χ3n) is 7.26. The maximum atomic E-state index is 5.84. The Morgan fingerprint density at radius 3 is 1.43 bits per heavy atom. The number of allylic oxidation sites excluding steroid dienone is 4. The second kappa shape index (κ2) is 18.7. The first-order chi connectivity index (χ1) is 21.0. The molecule has 0 saturated heterocycles. The molecule has 5 heteroatoms. The van der Waals surface area contributed by atoms with Gasteiger partial charge in [-0.2, -0.15) is 11.6 Å². The van der Waals surface area contributed by atoms with Crippen molar-refractivity contribution in [3.63, 3.8) is 0 Å². The number of hydrogen-bond donors (Lipinski definition) is 0. The van der Waals surface area contributed by atoms with E-state index < -0.39 is 22.3 Å². The standard InChI is InChI=1S/C17H13.C10H15.2C7H5Cl.2ClH.Zr/c1-3-12-5-7-14-11-15-8-6-13(4-2)10-17(15)16(14)9-12;1-8-5-6-9(7-8)10(2,3)4;2*1-6-2-4-7(8)5-3-6;;;/h3-11H,1-2H2;6-8H,1-4H3;2*1-5H;2*1H;/q2*-1;;;;;/p-2.